The van der Waals surface area contributed by atoms with Gasteiger partial charge in [0.2, 0.25) is 0 Å². The van der Waals surface area contributed by atoms with Gasteiger partial charge < -0.3 is 13.3 Å². The highest BCUT2D eigenvalue weighted by molar-refractivity contribution is 6.62. The van der Waals surface area contributed by atoms with Crippen LogP contribution >= 0.6 is 11.6 Å². The molecule has 1 rings (SSSR count). The molecular weight excluding hydrogens is 256 g/mol. The van der Waals surface area contributed by atoms with Gasteiger partial charge in [0.25, 0.3) is 0 Å². The van der Waals surface area contributed by atoms with Crippen molar-refractivity contribution >= 4 is 20.4 Å². The third-order valence-corrected chi connectivity index (χ3v) is 6.42. The zero-order valence-corrected chi connectivity index (χ0v) is 12.5. The van der Waals surface area contributed by atoms with Crippen LogP contribution in [-0.4, -0.2) is 30.1 Å². The van der Waals surface area contributed by atoms with Crippen molar-refractivity contribution in [2.75, 3.05) is 21.3 Å². The van der Waals surface area contributed by atoms with Crippen LogP contribution in [0.1, 0.15) is 23.6 Å². The van der Waals surface area contributed by atoms with Gasteiger partial charge in [-0.25, -0.2) is 0 Å². The van der Waals surface area contributed by atoms with Gasteiger partial charge in [-0.05, 0) is 11.1 Å². The summed E-state index contributed by atoms with van der Waals surface area (Å²) in [7, 11) is 2.20. The Morgan fingerprint density at radius 2 is 1.65 bits per heavy atom. The molecule has 0 aromatic heterocycles. The lowest BCUT2D eigenvalue weighted by Gasteiger charge is -2.31. The second kappa shape index (κ2) is 6.52. The van der Waals surface area contributed by atoms with Crippen molar-refractivity contribution in [3.05, 3.63) is 35.4 Å². The number of halogens is 1. The monoisotopic (exact) mass is 274 g/mol. The Labute approximate surface area is 109 Å². The maximum absolute atomic E-state index is 5.95. The zero-order chi connectivity index (χ0) is 12.9. The summed E-state index contributed by atoms with van der Waals surface area (Å²) in [5.41, 5.74) is 2.27. The molecule has 0 saturated heterocycles. The Morgan fingerprint density at radius 3 is 2.12 bits per heavy atom. The average Bonchev–Trinajstić information content (AvgIpc) is 2.41. The molecule has 0 heterocycles. The molecule has 0 amide bonds. The normalized spacial score (nSPS) is 13.7. The first-order chi connectivity index (χ1) is 8.15. The fourth-order valence-electron chi connectivity index (χ4n) is 2.05. The lowest BCUT2D eigenvalue weighted by molar-refractivity contribution is 0.114. The van der Waals surface area contributed by atoms with Crippen molar-refractivity contribution in [2.45, 2.75) is 18.3 Å². The SMILES string of the molecule is CO[Si](OC)(OC)C(C)c1ccccc1CCl. The Morgan fingerprint density at radius 1 is 1.12 bits per heavy atom. The minimum absolute atomic E-state index is 0.0532. The second-order valence-corrected chi connectivity index (χ2v) is 7.34. The van der Waals surface area contributed by atoms with Gasteiger partial charge in [-0.3, -0.25) is 0 Å². The van der Waals surface area contributed by atoms with Crippen LogP contribution in [0, 0.1) is 0 Å². The Balaban J connectivity index is 3.13. The molecule has 0 fully saturated rings. The maximum Gasteiger partial charge on any atom is 0.507 e. The molecule has 1 aromatic rings. The van der Waals surface area contributed by atoms with Crippen LogP contribution in [-0.2, 0) is 19.2 Å². The van der Waals surface area contributed by atoms with E-state index < -0.39 is 8.80 Å². The number of rotatable bonds is 6. The molecule has 1 atom stereocenters. The summed E-state index contributed by atoms with van der Waals surface area (Å²) in [5, 5.41) is 0. The van der Waals surface area contributed by atoms with E-state index in [1.807, 2.05) is 31.2 Å². The first kappa shape index (κ1) is 14.7. The smallest absolute Gasteiger partial charge is 0.376 e. The van der Waals surface area contributed by atoms with Crippen molar-refractivity contribution in [1.82, 2.24) is 0 Å². The lowest BCUT2D eigenvalue weighted by atomic mass is 10.1. The van der Waals surface area contributed by atoms with Gasteiger partial charge in [0, 0.05) is 27.2 Å². The summed E-state index contributed by atoms with van der Waals surface area (Å²) in [5.74, 6) is 0.474. The summed E-state index contributed by atoms with van der Waals surface area (Å²) in [6.45, 7) is 2.05. The van der Waals surface area contributed by atoms with Gasteiger partial charge in [0.05, 0.1) is 5.54 Å². The highest BCUT2D eigenvalue weighted by atomic mass is 35.5. The topological polar surface area (TPSA) is 27.7 Å². The van der Waals surface area contributed by atoms with E-state index in [9.17, 15) is 0 Å². The number of hydrogen-bond donors (Lipinski definition) is 0. The standard InChI is InChI=1S/C12H19ClO3Si/c1-10(17(14-2,15-3)16-4)12-8-6-5-7-11(12)9-13/h5-8,10H,9H2,1-4H3. The molecule has 17 heavy (non-hydrogen) atoms. The molecule has 0 aliphatic carbocycles. The van der Waals surface area contributed by atoms with Crippen LogP contribution in [0.5, 0.6) is 0 Å². The molecule has 1 aromatic carbocycles. The van der Waals surface area contributed by atoms with Gasteiger partial charge in [-0.2, -0.15) is 0 Å². The third-order valence-electron chi connectivity index (χ3n) is 3.05. The van der Waals surface area contributed by atoms with Crippen molar-refractivity contribution < 1.29 is 13.3 Å². The maximum atomic E-state index is 5.95. The molecule has 0 spiro atoms. The quantitative estimate of drug-likeness (QED) is 0.590. The lowest BCUT2D eigenvalue weighted by Crippen LogP contribution is -2.48. The molecule has 96 valence electrons. The minimum Gasteiger partial charge on any atom is -0.376 e. The predicted molar refractivity (Wildman–Crippen MR) is 71.2 cm³/mol. The minimum atomic E-state index is -2.67. The molecule has 0 aliphatic heterocycles. The molecular formula is C12H19ClO3Si. The fraction of sp³-hybridized carbons (Fsp3) is 0.500. The Hall–Kier alpha value is -0.393. The van der Waals surface area contributed by atoms with Crippen molar-refractivity contribution in [3.63, 3.8) is 0 Å². The van der Waals surface area contributed by atoms with Crippen LogP contribution in [0.15, 0.2) is 24.3 Å². The van der Waals surface area contributed by atoms with Crippen molar-refractivity contribution in [3.8, 4) is 0 Å². The number of alkyl halides is 1. The highest BCUT2D eigenvalue weighted by Crippen LogP contribution is 2.31. The molecule has 0 saturated carbocycles. The summed E-state index contributed by atoms with van der Waals surface area (Å²) >= 11 is 5.95. The van der Waals surface area contributed by atoms with Gasteiger partial charge in [0.15, 0.2) is 0 Å². The summed E-state index contributed by atoms with van der Waals surface area (Å²) in [6, 6.07) is 8.02. The summed E-state index contributed by atoms with van der Waals surface area (Å²) in [6.07, 6.45) is 0. The van der Waals surface area contributed by atoms with Crippen LogP contribution in [0.25, 0.3) is 0 Å². The molecule has 0 N–H and O–H groups in total. The van der Waals surface area contributed by atoms with E-state index in [2.05, 4.69) is 0 Å². The summed E-state index contributed by atoms with van der Waals surface area (Å²) in [4.78, 5) is 0. The molecule has 5 heteroatoms. The van der Waals surface area contributed by atoms with E-state index >= 15 is 0 Å². The Kier molecular flexibility index (Phi) is 5.62. The molecule has 3 nitrogen and oxygen atoms in total. The van der Waals surface area contributed by atoms with Crippen LogP contribution in [0.4, 0.5) is 0 Å². The van der Waals surface area contributed by atoms with Crippen LogP contribution in [0.2, 0.25) is 0 Å². The number of benzene rings is 1. The third kappa shape index (κ3) is 2.89. The summed E-state index contributed by atoms with van der Waals surface area (Å²) < 4.78 is 16.5. The van der Waals surface area contributed by atoms with Crippen molar-refractivity contribution in [2.24, 2.45) is 0 Å². The average molecular weight is 275 g/mol. The molecule has 0 aliphatic rings. The van der Waals surface area contributed by atoms with E-state index in [-0.39, 0.29) is 5.54 Å². The fourth-order valence-corrected chi connectivity index (χ4v) is 4.52. The first-order valence-electron chi connectivity index (χ1n) is 5.44. The van der Waals surface area contributed by atoms with E-state index in [0.717, 1.165) is 11.1 Å². The Bertz CT molecular complexity index is 347. The molecule has 0 radical (unpaired) electrons. The zero-order valence-electron chi connectivity index (χ0n) is 10.7. The van der Waals surface area contributed by atoms with Crippen LogP contribution < -0.4 is 0 Å². The van der Waals surface area contributed by atoms with E-state index in [1.54, 1.807) is 21.3 Å². The van der Waals surface area contributed by atoms with Gasteiger partial charge in [-0.15, -0.1) is 11.6 Å². The largest absolute Gasteiger partial charge is 0.507 e. The van der Waals surface area contributed by atoms with E-state index in [1.165, 1.54) is 0 Å². The molecule has 0 bridgehead atoms. The van der Waals surface area contributed by atoms with Crippen LogP contribution in [0.3, 0.4) is 0 Å². The van der Waals surface area contributed by atoms with Gasteiger partial charge in [0.1, 0.15) is 0 Å². The second-order valence-electron chi connectivity index (χ2n) is 3.77. The van der Waals surface area contributed by atoms with Crippen molar-refractivity contribution in [1.29, 1.82) is 0 Å². The first-order valence-corrected chi connectivity index (χ1v) is 7.78. The highest BCUT2D eigenvalue weighted by Gasteiger charge is 2.45. The van der Waals surface area contributed by atoms with Gasteiger partial charge >= 0.3 is 8.80 Å². The van der Waals surface area contributed by atoms with Gasteiger partial charge in [-0.1, -0.05) is 31.2 Å². The van der Waals surface area contributed by atoms with E-state index in [4.69, 9.17) is 24.9 Å². The number of hydrogen-bond acceptors (Lipinski definition) is 3. The van der Waals surface area contributed by atoms with E-state index in [0.29, 0.717) is 5.88 Å². The molecule has 1 unspecified atom stereocenters. The predicted octanol–water partition coefficient (Wildman–Crippen LogP) is 2.95.